The third-order valence-electron chi connectivity index (χ3n) is 4.47. The van der Waals surface area contributed by atoms with E-state index in [0.29, 0.717) is 0 Å². The number of nitrogens with zero attached hydrogens (tertiary/aromatic N) is 1. The van der Waals surface area contributed by atoms with Gasteiger partial charge >= 0.3 is 5.97 Å². The number of ether oxygens (including phenoxy) is 1. The highest BCUT2D eigenvalue weighted by Gasteiger charge is 2.27. The summed E-state index contributed by atoms with van der Waals surface area (Å²) in [7, 11) is 1.43. The molecule has 0 fully saturated rings. The highest BCUT2D eigenvalue weighted by molar-refractivity contribution is 9.10. The van der Waals surface area contributed by atoms with E-state index in [1.807, 2.05) is 60.7 Å². The highest BCUT2D eigenvalue weighted by Crippen LogP contribution is 2.36. The number of esters is 1. The van der Waals surface area contributed by atoms with E-state index in [-0.39, 0.29) is 5.97 Å². The Morgan fingerprint density at radius 1 is 0.920 bits per heavy atom. The van der Waals surface area contributed by atoms with Crippen LogP contribution in [-0.2, 0) is 9.53 Å². The number of hydrogen-bond donors (Lipinski definition) is 0. The first-order valence-corrected chi connectivity index (χ1v) is 8.81. The summed E-state index contributed by atoms with van der Waals surface area (Å²) in [5, 5.41) is 2.22. The second-order valence-electron chi connectivity index (χ2n) is 5.89. The Hall–Kier alpha value is -2.59. The molecule has 0 aliphatic carbocycles. The Bertz CT molecular complexity index is 1070. The molecule has 1 heterocycles. The fourth-order valence-corrected chi connectivity index (χ4v) is 3.75. The van der Waals surface area contributed by atoms with Gasteiger partial charge in [-0.1, -0.05) is 64.5 Å². The van der Waals surface area contributed by atoms with E-state index in [0.717, 1.165) is 31.8 Å². The summed E-state index contributed by atoms with van der Waals surface area (Å²) < 4.78 is 8.22. The van der Waals surface area contributed by atoms with Gasteiger partial charge in [0.25, 0.3) is 0 Å². The molecule has 0 bridgehead atoms. The molecule has 0 saturated carbocycles. The van der Waals surface area contributed by atoms with Crippen LogP contribution in [0.2, 0.25) is 0 Å². The maximum Gasteiger partial charge on any atom is 0.333 e. The van der Waals surface area contributed by atoms with Gasteiger partial charge in [-0.25, -0.2) is 4.79 Å². The minimum absolute atomic E-state index is 0.281. The lowest BCUT2D eigenvalue weighted by Gasteiger charge is -2.19. The Labute approximate surface area is 154 Å². The predicted molar refractivity (Wildman–Crippen MR) is 104 cm³/mol. The summed E-state index contributed by atoms with van der Waals surface area (Å²) in [5.41, 5.74) is 2.92. The molecular formula is C21H16BrNO2. The average molecular weight is 394 g/mol. The topological polar surface area (TPSA) is 31.2 Å². The van der Waals surface area contributed by atoms with Crippen LogP contribution >= 0.6 is 15.9 Å². The molecule has 124 valence electrons. The van der Waals surface area contributed by atoms with Crippen LogP contribution in [0.5, 0.6) is 0 Å². The van der Waals surface area contributed by atoms with Crippen LogP contribution in [0.1, 0.15) is 11.6 Å². The molecule has 1 aromatic heterocycles. The number of halogens is 1. The first-order chi connectivity index (χ1) is 12.2. The van der Waals surface area contributed by atoms with Crippen molar-refractivity contribution in [1.82, 2.24) is 4.57 Å². The second-order valence-corrected chi connectivity index (χ2v) is 6.80. The Balaban J connectivity index is 2.10. The normalized spacial score (nSPS) is 12.4. The molecule has 0 N–H and O–H groups in total. The lowest BCUT2D eigenvalue weighted by Crippen LogP contribution is -2.22. The van der Waals surface area contributed by atoms with Crippen molar-refractivity contribution in [2.45, 2.75) is 6.04 Å². The number of aromatic nitrogens is 1. The monoisotopic (exact) mass is 393 g/mol. The van der Waals surface area contributed by atoms with Crippen LogP contribution in [0.3, 0.4) is 0 Å². The van der Waals surface area contributed by atoms with Crippen molar-refractivity contribution in [2.75, 3.05) is 7.11 Å². The van der Waals surface area contributed by atoms with E-state index in [9.17, 15) is 4.79 Å². The van der Waals surface area contributed by atoms with E-state index >= 15 is 0 Å². The summed E-state index contributed by atoms with van der Waals surface area (Å²) in [5.74, 6) is -0.281. The summed E-state index contributed by atoms with van der Waals surface area (Å²) in [4.78, 5) is 12.7. The summed E-state index contributed by atoms with van der Waals surface area (Å²) >= 11 is 3.55. The van der Waals surface area contributed by atoms with Gasteiger partial charge in [-0.15, -0.1) is 0 Å². The number of carbonyl (C=O) groups is 1. The van der Waals surface area contributed by atoms with Gasteiger partial charge in [0.2, 0.25) is 0 Å². The minimum atomic E-state index is -0.533. The van der Waals surface area contributed by atoms with Crippen LogP contribution in [-0.4, -0.2) is 17.6 Å². The fraction of sp³-hybridized carbons (Fsp3) is 0.0952. The van der Waals surface area contributed by atoms with Crippen LogP contribution in [0, 0.1) is 0 Å². The summed E-state index contributed by atoms with van der Waals surface area (Å²) in [6.45, 7) is 0. The van der Waals surface area contributed by atoms with Crippen molar-refractivity contribution in [3.05, 3.63) is 82.8 Å². The standard InChI is InChI=1S/C21H16BrNO2/c1-25-21(24)20(14-7-3-2-4-8-14)23-18-10-6-5-9-16(18)17-13-15(22)11-12-19(17)23/h2-13,20H,1H3/t20-/m1/s1. The van der Waals surface area contributed by atoms with Gasteiger partial charge in [-0.2, -0.15) is 0 Å². The molecule has 4 rings (SSSR count). The number of hydrogen-bond acceptors (Lipinski definition) is 2. The van der Waals surface area contributed by atoms with Gasteiger partial charge in [-0.05, 0) is 29.8 Å². The van der Waals surface area contributed by atoms with E-state index in [1.165, 1.54) is 7.11 Å². The zero-order valence-corrected chi connectivity index (χ0v) is 15.2. The van der Waals surface area contributed by atoms with E-state index in [1.54, 1.807) is 0 Å². The van der Waals surface area contributed by atoms with E-state index in [2.05, 4.69) is 32.6 Å². The van der Waals surface area contributed by atoms with Crippen LogP contribution < -0.4 is 0 Å². The maximum absolute atomic E-state index is 12.7. The number of benzene rings is 3. The van der Waals surface area contributed by atoms with Crippen molar-refractivity contribution in [3.8, 4) is 0 Å². The lowest BCUT2D eigenvalue weighted by molar-refractivity contribution is -0.143. The second kappa shape index (κ2) is 6.37. The molecule has 0 radical (unpaired) electrons. The van der Waals surface area contributed by atoms with E-state index < -0.39 is 6.04 Å². The SMILES string of the molecule is COC(=O)[C@@H](c1ccccc1)n1c2ccccc2c2cc(Br)ccc21. The maximum atomic E-state index is 12.7. The molecule has 1 atom stereocenters. The molecule has 25 heavy (non-hydrogen) atoms. The zero-order valence-electron chi connectivity index (χ0n) is 13.6. The average Bonchev–Trinajstić information content (AvgIpc) is 2.97. The van der Waals surface area contributed by atoms with Crippen molar-refractivity contribution in [2.24, 2.45) is 0 Å². The number of methoxy groups -OCH3 is 1. The molecule has 0 unspecified atom stereocenters. The minimum Gasteiger partial charge on any atom is -0.467 e. The molecule has 0 aliphatic rings. The quantitative estimate of drug-likeness (QED) is 0.441. The fourth-order valence-electron chi connectivity index (χ4n) is 3.39. The lowest BCUT2D eigenvalue weighted by atomic mass is 10.1. The van der Waals surface area contributed by atoms with Crippen molar-refractivity contribution < 1.29 is 9.53 Å². The molecule has 0 saturated heterocycles. The van der Waals surface area contributed by atoms with Gasteiger partial charge in [-0.3, -0.25) is 0 Å². The number of rotatable bonds is 3. The Morgan fingerprint density at radius 3 is 2.36 bits per heavy atom. The number of carbonyl (C=O) groups excluding carboxylic acids is 1. The first kappa shape index (κ1) is 15.9. The zero-order chi connectivity index (χ0) is 17.4. The molecule has 3 nitrogen and oxygen atoms in total. The van der Waals surface area contributed by atoms with Gasteiger partial charge in [0.1, 0.15) is 0 Å². The number of para-hydroxylation sites is 1. The predicted octanol–water partition coefficient (Wildman–Crippen LogP) is 5.32. The largest absolute Gasteiger partial charge is 0.467 e. The highest BCUT2D eigenvalue weighted by atomic mass is 79.9. The summed E-state index contributed by atoms with van der Waals surface area (Å²) in [6.07, 6.45) is 0. The molecule has 3 aromatic carbocycles. The smallest absolute Gasteiger partial charge is 0.333 e. The van der Waals surface area contributed by atoms with Crippen molar-refractivity contribution in [1.29, 1.82) is 0 Å². The van der Waals surface area contributed by atoms with Gasteiger partial charge in [0, 0.05) is 15.2 Å². The molecule has 0 amide bonds. The molecule has 4 heteroatoms. The van der Waals surface area contributed by atoms with Crippen LogP contribution in [0.4, 0.5) is 0 Å². The summed E-state index contributed by atoms with van der Waals surface area (Å²) in [6, 6.07) is 23.5. The van der Waals surface area contributed by atoms with Crippen LogP contribution in [0.15, 0.2) is 77.3 Å². The first-order valence-electron chi connectivity index (χ1n) is 8.01. The van der Waals surface area contributed by atoms with Gasteiger partial charge in [0.05, 0.1) is 18.1 Å². The molecule has 0 spiro atoms. The van der Waals surface area contributed by atoms with Crippen molar-refractivity contribution >= 4 is 43.7 Å². The van der Waals surface area contributed by atoms with Gasteiger partial charge in [0.15, 0.2) is 6.04 Å². The Kier molecular flexibility index (Phi) is 4.06. The molecular weight excluding hydrogens is 378 g/mol. The van der Waals surface area contributed by atoms with Crippen molar-refractivity contribution in [3.63, 3.8) is 0 Å². The third kappa shape index (κ3) is 2.63. The molecule has 4 aromatic rings. The van der Waals surface area contributed by atoms with E-state index in [4.69, 9.17) is 4.74 Å². The van der Waals surface area contributed by atoms with Crippen LogP contribution in [0.25, 0.3) is 21.8 Å². The third-order valence-corrected chi connectivity index (χ3v) is 4.96. The molecule has 0 aliphatic heterocycles. The Morgan fingerprint density at radius 2 is 1.60 bits per heavy atom. The number of fused-ring (bicyclic) bond motifs is 3. The van der Waals surface area contributed by atoms with Gasteiger partial charge < -0.3 is 9.30 Å².